The van der Waals surface area contributed by atoms with Crippen LogP contribution >= 0.6 is 0 Å². The number of carboxylic acids is 1. The number of ketones is 2. The highest BCUT2D eigenvalue weighted by atomic mass is 16.4. The summed E-state index contributed by atoms with van der Waals surface area (Å²) in [6, 6.07) is 0. The van der Waals surface area contributed by atoms with E-state index in [0.29, 0.717) is 12.8 Å². The number of rotatable bonds is 2. The second-order valence-corrected chi connectivity index (χ2v) is 9.61. The van der Waals surface area contributed by atoms with Crippen LogP contribution in [0.25, 0.3) is 0 Å². The molecule has 0 aromatic carbocycles. The molecule has 148 valence electrons. The quantitative estimate of drug-likeness (QED) is 0.635. The highest BCUT2D eigenvalue weighted by molar-refractivity contribution is 6.36. The van der Waals surface area contributed by atoms with E-state index in [-0.39, 0.29) is 41.8 Å². The van der Waals surface area contributed by atoms with Crippen LogP contribution < -0.4 is 0 Å². The van der Waals surface area contributed by atoms with E-state index in [2.05, 4.69) is 6.92 Å². The topological polar surface area (TPSA) is 112 Å². The summed E-state index contributed by atoms with van der Waals surface area (Å²) in [5.74, 6) is -2.52. The van der Waals surface area contributed by atoms with E-state index < -0.39 is 28.9 Å². The van der Waals surface area contributed by atoms with Crippen molar-refractivity contribution in [2.75, 3.05) is 0 Å². The van der Waals surface area contributed by atoms with Crippen molar-refractivity contribution >= 4 is 17.5 Å². The standard InChI is InChI=1S/C21H28O6/c1-19-7-5-12(22)9-11(19)3-4-13-14-6-8-21(27,17(24)18(25)26)20(14,2)10-15(23)16(13)19/h9,13-16,23,27H,3-8,10H2,1-2H3,(H,25,26)/t13-,14+,15+,16+,19-,20-,21-/m0/s1. The third kappa shape index (κ3) is 2.29. The van der Waals surface area contributed by atoms with Gasteiger partial charge in [-0.2, -0.15) is 0 Å². The lowest BCUT2D eigenvalue weighted by atomic mass is 9.45. The molecule has 0 radical (unpaired) electrons. The normalized spacial score (nSPS) is 48.9. The lowest BCUT2D eigenvalue weighted by molar-refractivity contribution is -0.186. The number of allylic oxidation sites excluding steroid dienone is 1. The van der Waals surface area contributed by atoms with E-state index in [1.54, 1.807) is 13.0 Å². The summed E-state index contributed by atoms with van der Waals surface area (Å²) in [4.78, 5) is 35.6. The van der Waals surface area contributed by atoms with Crippen molar-refractivity contribution in [1.29, 1.82) is 0 Å². The Morgan fingerprint density at radius 3 is 2.52 bits per heavy atom. The Hall–Kier alpha value is -1.53. The Morgan fingerprint density at radius 2 is 1.85 bits per heavy atom. The largest absolute Gasteiger partial charge is 0.475 e. The fraction of sp³-hybridized carbons (Fsp3) is 0.762. The van der Waals surface area contributed by atoms with Crippen LogP contribution in [-0.4, -0.2) is 44.6 Å². The van der Waals surface area contributed by atoms with Crippen LogP contribution in [0.5, 0.6) is 0 Å². The summed E-state index contributed by atoms with van der Waals surface area (Å²) >= 11 is 0. The molecule has 3 fully saturated rings. The molecule has 0 saturated heterocycles. The number of hydrogen-bond acceptors (Lipinski definition) is 5. The predicted octanol–water partition coefficient (Wildman–Crippen LogP) is 1.87. The van der Waals surface area contributed by atoms with E-state index in [1.807, 2.05) is 0 Å². The molecule has 0 amide bonds. The summed E-state index contributed by atoms with van der Waals surface area (Å²) in [7, 11) is 0. The molecule has 0 aliphatic heterocycles. The minimum absolute atomic E-state index is 0.00444. The third-order valence-corrected chi connectivity index (χ3v) is 8.62. The summed E-state index contributed by atoms with van der Waals surface area (Å²) in [5, 5.41) is 31.5. The fourth-order valence-corrected chi connectivity index (χ4v) is 7.24. The molecule has 4 aliphatic rings. The van der Waals surface area contributed by atoms with E-state index in [0.717, 1.165) is 24.8 Å². The van der Waals surface area contributed by atoms with Gasteiger partial charge in [-0.15, -0.1) is 0 Å². The molecule has 6 heteroatoms. The van der Waals surface area contributed by atoms with Gasteiger partial charge in [-0.05, 0) is 67.8 Å². The highest BCUT2D eigenvalue weighted by Gasteiger charge is 2.69. The zero-order chi connectivity index (χ0) is 19.8. The first kappa shape index (κ1) is 18.8. The van der Waals surface area contributed by atoms with Crippen LogP contribution in [0.15, 0.2) is 11.6 Å². The van der Waals surface area contributed by atoms with Crippen molar-refractivity contribution in [3.05, 3.63) is 11.6 Å². The van der Waals surface area contributed by atoms with Crippen molar-refractivity contribution in [3.63, 3.8) is 0 Å². The molecule has 7 atom stereocenters. The summed E-state index contributed by atoms with van der Waals surface area (Å²) < 4.78 is 0. The molecule has 0 aromatic rings. The lowest BCUT2D eigenvalue weighted by Crippen LogP contribution is -2.62. The number of carboxylic acid groups (broad SMARTS) is 1. The van der Waals surface area contributed by atoms with Gasteiger partial charge in [0.1, 0.15) is 5.60 Å². The zero-order valence-electron chi connectivity index (χ0n) is 15.9. The van der Waals surface area contributed by atoms with Gasteiger partial charge in [0.25, 0.3) is 5.78 Å². The number of Topliss-reactive ketones (excluding diaryl/α,β-unsaturated/α-hetero) is 1. The number of aliphatic hydroxyl groups excluding tert-OH is 1. The Labute approximate surface area is 158 Å². The zero-order valence-corrected chi connectivity index (χ0v) is 15.9. The van der Waals surface area contributed by atoms with Gasteiger partial charge in [0.15, 0.2) is 5.78 Å². The summed E-state index contributed by atoms with van der Waals surface area (Å²) in [6.07, 6.45) is 4.76. The number of aliphatic carboxylic acids is 1. The number of hydrogen-bond donors (Lipinski definition) is 3. The van der Waals surface area contributed by atoms with Crippen LogP contribution in [0.3, 0.4) is 0 Å². The highest BCUT2D eigenvalue weighted by Crippen LogP contribution is 2.67. The lowest BCUT2D eigenvalue weighted by Gasteiger charge is -2.60. The molecule has 27 heavy (non-hydrogen) atoms. The first-order valence-electron chi connectivity index (χ1n) is 9.96. The van der Waals surface area contributed by atoms with Crippen molar-refractivity contribution in [2.45, 2.75) is 70.5 Å². The first-order chi connectivity index (χ1) is 12.5. The van der Waals surface area contributed by atoms with E-state index >= 15 is 0 Å². The van der Waals surface area contributed by atoms with Gasteiger partial charge >= 0.3 is 5.97 Å². The summed E-state index contributed by atoms with van der Waals surface area (Å²) in [6.45, 7) is 3.92. The molecule has 4 rings (SSSR count). The minimum atomic E-state index is -1.92. The first-order valence-corrected chi connectivity index (χ1v) is 9.96. The smallest absolute Gasteiger partial charge is 0.375 e. The molecular weight excluding hydrogens is 348 g/mol. The van der Waals surface area contributed by atoms with E-state index in [4.69, 9.17) is 0 Å². The molecule has 0 bridgehead atoms. The second kappa shape index (κ2) is 5.74. The molecule has 0 heterocycles. The molecule has 6 nitrogen and oxygen atoms in total. The molecule has 0 spiro atoms. The van der Waals surface area contributed by atoms with Gasteiger partial charge in [0.05, 0.1) is 6.10 Å². The second-order valence-electron chi connectivity index (χ2n) is 9.61. The maximum Gasteiger partial charge on any atom is 0.375 e. The molecule has 3 N–H and O–H groups in total. The van der Waals surface area contributed by atoms with Gasteiger partial charge < -0.3 is 15.3 Å². The third-order valence-electron chi connectivity index (χ3n) is 8.62. The maximum atomic E-state index is 12.3. The molecule has 0 aromatic heterocycles. The van der Waals surface area contributed by atoms with Crippen molar-refractivity contribution in [2.24, 2.45) is 28.6 Å². The predicted molar refractivity (Wildman–Crippen MR) is 95.7 cm³/mol. The molecule has 3 saturated carbocycles. The van der Waals surface area contributed by atoms with Gasteiger partial charge in [-0.25, -0.2) is 4.79 Å². The van der Waals surface area contributed by atoms with Gasteiger partial charge in [0, 0.05) is 11.8 Å². The Balaban J connectivity index is 1.74. The minimum Gasteiger partial charge on any atom is -0.475 e. The Bertz CT molecular complexity index is 756. The van der Waals surface area contributed by atoms with Gasteiger partial charge in [0.2, 0.25) is 0 Å². The fourth-order valence-electron chi connectivity index (χ4n) is 7.24. The SMILES string of the molecule is C[C@]12CCC(=O)C=C1CC[C@@H]1[C@@H]2[C@H](O)C[C@@]2(C)[C@@H]1CC[C@]2(O)C(=O)C(=O)O. The van der Waals surface area contributed by atoms with Crippen LogP contribution in [0, 0.1) is 28.6 Å². The average molecular weight is 376 g/mol. The summed E-state index contributed by atoms with van der Waals surface area (Å²) in [5.41, 5.74) is -1.98. The number of fused-ring (bicyclic) bond motifs is 5. The number of carbonyl (C=O) groups excluding carboxylic acids is 2. The van der Waals surface area contributed by atoms with Crippen molar-refractivity contribution in [3.8, 4) is 0 Å². The van der Waals surface area contributed by atoms with Crippen molar-refractivity contribution < 1.29 is 29.7 Å². The average Bonchev–Trinajstić information content (AvgIpc) is 2.86. The van der Waals surface area contributed by atoms with Gasteiger partial charge in [-0.3, -0.25) is 9.59 Å². The number of aliphatic hydroxyl groups is 2. The molecule has 4 aliphatic carbocycles. The van der Waals surface area contributed by atoms with Crippen LogP contribution in [0.1, 0.15) is 58.8 Å². The number of carbonyl (C=O) groups is 3. The van der Waals surface area contributed by atoms with Crippen LogP contribution in [0.2, 0.25) is 0 Å². The maximum absolute atomic E-state index is 12.3. The monoisotopic (exact) mass is 376 g/mol. The van der Waals surface area contributed by atoms with Gasteiger partial charge in [-0.1, -0.05) is 19.4 Å². The molecule has 0 unspecified atom stereocenters. The molecular formula is C21H28O6. The van der Waals surface area contributed by atoms with Crippen molar-refractivity contribution in [1.82, 2.24) is 0 Å². The van der Waals surface area contributed by atoms with E-state index in [1.165, 1.54) is 0 Å². The van der Waals surface area contributed by atoms with E-state index in [9.17, 15) is 29.7 Å². The van der Waals surface area contributed by atoms with Crippen LogP contribution in [0.4, 0.5) is 0 Å². The Morgan fingerprint density at radius 1 is 1.15 bits per heavy atom. The Kier molecular flexibility index (Phi) is 4.00. The van der Waals surface area contributed by atoms with Crippen LogP contribution in [-0.2, 0) is 14.4 Å².